The first-order valence-electron chi connectivity index (χ1n) is 16.5. The normalized spacial score (nSPS) is 11.3. The lowest BCUT2D eigenvalue weighted by molar-refractivity contribution is -0.114. The number of hydrogen-bond acceptors (Lipinski definition) is 7. The third-order valence-electron chi connectivity index (χ3n) is 8.42. The molecule has 1 heterocycles. The number of rotatable bonds is 13. The second kappa shape index (κ2) is 16.2. The van der Waals surface area contributed by atoms with Crippen molar-refractivity contribution in [3.8, 4) is 17.2 Å². The van der Waals surface area contributed by atoms with Gasteiger partial charge in [0.2, 0.25) is 5.91 Å². The number of amides is 3. The molecule has 11 heteroatoms. The van der Waals surface area contributed by atoms with Gasteiger partial charge >= 0.3 is 0 Å². The van der Waals surface area contributed by atoms with Gasteiger partial charge in [-0.3, -0.25) is 14.4 Å². The Labute approximate surface area is 305 Å². The number of aromatic nitrogens is 1. The fourth-order valence-corrected chi connectivity index (χ4v) is 6.61. The van der Waals surface area contributed by atoms with Crippen LogP contribution in [0.4, 0.5) is 11.4 Å². The molecular formula is C41H38N4O6S. The van der Waals surface area contributed by atoms with Crippen molar-refractivity contribution in [1.29, 1.82) is 0 Å². The van der Waals surface area contributed by atoms with Crippen LogP contribution in [-0.2, 0) is 16.1 Å². The Bertz CT molecular complexity index is 2280. The Kier molecular flexibility index (Phi) is 11.1. The van der Waals surface area contributed by atoms with Crippen LogP contribution in [0.3, 0.4) is 0 Å². The summed E-state index contributed by atoms with van der Waals surface area (Å²) in [5.74, 6) is 0.337. The van der Waals surface area contributed by atoms with Crippen LogP contribution < -0.4 is 30.2 Å². The molecule has 10 nitrogen and oxygen atoms in total. The van der Waals surface area contributed by atoms with E-state index in [1.807, 2.05) is 42.5 Å². The predicted octanol–water partition coefficient (Wildman–Crippen LogP) is 7.98. The van der Waals surface area contributed by atoms with E-state index in [1.165, 1.54) is 44.7 Å². The van der Waals surface area contributed by atoms with Crippen LogP contribution in [0.5, 0.6) is 17.2 Å². The van der Waals surface area contributed by atoms with Crippen LogP contribution in [0.25, 0.3) is 27.9 Å². The molecule has 1 aromatic heterocycles. The molecule has 3 N–H and O–H groups in total. The van der Waals surface area contributed by atoms with Crippen molar-refractivity contribution in [3.63, 3.8) is 0 Å². The zero-order valence-corrected chi connectivity index (χ0v) is 30.0. The van der Waals surface area contributed by atoms with E-state index < -0.39 is 11.8 Å². The van der Waals surface area contributed by atoms with Crippen LogP contribution >= 0.6 is 11.8 Å². The van der Waals surface area contributed by atoms with Crippen LogP contribution in [0, 0.1) is 0 Å². The van der Waals surface area contributed by atoms with Crippen molar-refractivity contribution < 1.29 is 28.6 Å². The number of benzene rings is 5. The highest BCUT2D eigenvalue weighted by Crippen LogP contribution is 2.36. The zero-order valence-electron chi connectivity index (χ0n) is 29.2. The van der Waals surface area contributed by atoms with Crippen molar-refractivity contribution in [2.24, 2.45) is 0 Å². The van der Waals surface area contributed by atoms with Crippen LogP contribution in [0.15, 0.2) is 120 Å². The number of thioether (sulfide) groups is 1. The molecule has 0 aliphatic carbocycles. The lowest BCUT2D eigenvalue weighted by Crippen LogP contribution is -2.30. The molecule has 0 bridgehead atoms. The first-order chi connectivity index (χ1) is 25.3. The Morgan fingerprint density at radius 3 is 2.06 bits per heavy atom. The van der Waals surface area contributed by atoms with Gasteiger partial charge in [0.25, 0.3) is 11.8 Å². The van der Waals surface area contributed by atoms with E-state index in [1.54, 1.807) is 54.6 Å². The summed E-state index contributed by atoms with van der Waals surface area (Å²) < 4.78 is 18.6. The maximum atomic E-state index is 13.7. The lowest BCUT2D eigenvalue weighted by Gasteiger charge is -2.15. The average Bonchev–Trinajstić information content (AvgIpc) is 3.50. The molecule has 0 saturated carbocycles. The van der Waals surface area contributed by atoms with Crippen molar-refractivity contribution in [2.45, 2.75) is 18.4 Å². The van der Waals surface area contributed by atoms with Gasteiger partial charge in [0.15, 0.2) is 11.5 Å². The van der Waals surface area contributed by atoms with Gasteiger partial charge in [-0.2, -0.15) is 0 Å². The van der Waals surface area contributed by atoms with E-state index in [0.717, 1.165) is 33.4 Å². The third kappa shape index (κ3) is 7.90. The molecule has 0 aliphatic rings. The van der Waals surface area contributed by atoms with E-state index in [-0.39, 0.29) is 17.4 Å². The van der Waals surface area contributed by atoms with E-state index in [0.29, 0.717) is 34.1 Å². The van der Waals surface area contributed by atoms with Crippen LogP contribution in [-0.4, -0.2) is 49.4 Å². The highest BCUT2D eigenvalue weighted by atomic mass is 32.2. The maximum Gasteiger partial charge on any atom is 0.272 e. The van der Waals surface area contributed by atoms with Gasteiger partial charge in [-0.05, 0) is 79.7 Å². The van der Waals surface area contributed by atoms with E-state index in [9.17, 15) is 14.4 Å². The minimum absolute atomic E-state index is 0.0214. The molecule has 0 unspecified atom stereocenters. The summed E-state index contributed by atoms with van der Waals surface area (Å²) >= 11 is 1.38. The molecule has 5 aromatic carbocycles. The first-order valence-corrected chi connectivity index (χ1v) is 17.5. The Morgan fingerprint density at radius 1 is 0.692 bits per heavy atom. The van der Waals surface area contributed by atoms with Gasteiger partial charge < -0.3 is 34.7 Å². The van der Waals surface area contributed by atoms with Gasteiger partial charge in [-0.15, -0.1) is 11.8 Å². The average molecular weight is 715 g/mol. The van der Waals surface area contributed by atoms with Gasteiger partial charge in [0.05, 0.1) is 27.1 Å². The van der Waals surface area contributed by atoms with Crippen molar-refractivity contribution >= 4 is 68.7 Å². The SMILES string of the molecule is CCn1c2ccccc2c2cc(NC(=O)CSc3ccc(NC(=O)/C(=C/c4cc(OC)c(OC)cc4OC)NC(=O)c4ccccc4)cc3)ccc21. The Morgan fingerprint density at radius 2 is 1.35 bits per heavy atom. The fraction of sp³-hybridized carbons (Fsp3) is 0.146. The summed E-state index contributed by atoms with van der Waals surface area (Å²) in [7, 11) is 4.51. The molecule has 264 valence electrons. The molecule has 0 saturated heterocycles. The van der Waals surface area contributed by atoms with Crippen molar-refractivity contribution in [1.82, 2.24) is 9.88 Å². The smallest absolute Gasteiger partial charge is 0.272 e. The van der Waals surface area contributed by atoms with Crippen molar-refractivity contribution in [2.75, 3.05) is 37.7 Å². The summed E-state index contributed by atoms with van der Waals surface area (Å²) in [6.07, 6.45) is 1.51. The molecule has 3 amide bonds. The third-order valence-corrected chi connectivity index (χ3v) is 9.43. The molecule has 6 rings (SSSR count). The second-order valence-electron chi connectivity index (χ2n) is 11.6. The molecule has 0 spiro atoms. The van der Waals surface area contributed by atoms with E-state index >= 15 is 0 Å². The van der Waals surface area contributed by atoms with Crippen LogP contribution in [0.1, 0.15) is 22.8 Å². The van der Waals surface area contributed by atoms with Gasteiger partial charge in [-0.25, -0.2) is 0 Å². The minimum atomic E-state index is -0.556. The van der Waals surface area contributed by atoms with Crippen molar-refractivity contribution in [3.05, 3.63) is 126 Å². The number of aryl methyl sites for hydroxylation is 1. The largest absolute Gasteiger partial charge is 0.496 e. The number of para-hydroxylation sites is 1. The highest BCUT2D eigenvalue weighted by molar-refractivity contribution is 8.00. The Balaban J connectivity index is 1.14. The minimum Gasteiger partial charge on any atom is -0.496 e. The van der Waals surface area contributed by atoms with Gasteiger partial charge in [0, 0.05) is 61.8 Å². The fourth-order valence-electron chi connectivity index (χ4n) is 5.91. The molecule has 0 aliphatic heterocycles. The van der Waals surface area contributed by atoms with Crippen LogP contribution in [0.2, 0.25) is 0 Å². The highest BCUT2D eigenvalue weighted by Gasteiger charge is 2.18. The Hall–Kier alpha value is -6.20. The number of methoxy groups -OCH3 is 3. The molecular weight excluding hydrogens is 677 g/mol. The number of nitrogens with one attached hydrogen (secondary N) is 3. The predicted molar refractivity (Wildman–Crippen MR) is 208 cm³/mol. The lowest BCUT2D eigenvalue weighted by atomic mass is 10.1. The topological polar surface area (TPSA) is 120 Å². The molecule has 6 aromatic rings. The first kappa shape index (κ1) is 35.6. The van der Waals surface area contributed by atoms with E-state index in [4.69, 9.17) is 14.2 Å². The number of hydrogen-bond donors (Lipinski definition) is 3. The number of carbonyl (C=O) groups excluding carboxylic acids is 3. The number of anilines is 2. The number of ether oxygens (including phenoxy) is 3. The number of carbonyl (C=O) groups is 3. The second-order valence-corrected chi connectivity index (χ2v) is 12.7. The standard InChI is InChI=1S/C41H38N4O6S/c1-5-45-34-14-10-9-13-31(34)32-23-29(17-20-35(32)45)42-39(46)25-52-30-18-15-28(16-19-30)43-41(48)33(44-40(47)26-11-7-6-8-12-26)21-27-22-37(50-3)38(51-4)24-36(27)49-2/h6-24H,5,25H2,1-4H3,(H,42,46)(H,43,48)(H,44,47)/b33-21-. The van der Waals surface area contributed by atoms with Gasteiger partial charge in [-0.1, -0.05) is 36.4 Å². The molecule has 0 radical (unpaired) electrons. The monoisotopic (exact) mass is 714 g/mol. The summed E-state index contributed by atoms with van der Waals surface area (Å²) in [6.45, 7) is 2.98. The number of fused-ring (bicyclic) bond motifs is 3. The quantitative estimate of drug-likeness (QED) is 0.0820. The molecule has 0 atom stereocenters. The van der Waals surface area contributed by atoms with E-state index in [2.05, 4.69) is 39.6 Å². The molecule has 52 heavy (non-hydrogen) atoms. The summed E-state index contributed by atoms with van der Waals surface area (Å²) in [6, 6.07) is 33.3. The summed E-state index contributed by atoms with van der Waals surface area (Å²) in [5.41, 5.74) is 4.38. The summed E-state index contributed by atoms with van der Waals surface area (Å²) in [5, 5.41) is 10.9. The zero-order chi connectivity index (χ0) is 36.6. The molecule has 0 fully saturated rings. The number of nitrogens with zero attached hydrogens (tertiary/aromatic N) is 1. The maximum absolute atomic E-state index is 13.7. The van der Waals surface area contributed by atoms with Gasteiger partial charge in [0.1, 0.15) is 11.4 Å². The summed E-state index contributed by atoms with van der Waals surface area (Å²) in [4.78, 5) is 40.6.